The van der Waals surface area contributed by atoms with E-state index in [0.717, 1.165) is 5.56 Å². The number of nitrogens with zero attached hydrogens (tertiary/aromatic N) is 1. The number of aliphatic hydroxyl groups is 1. The maximum atomic E-state index is 14.3. The third-order valence-corrected chi connectivity index (χ3v) is 9.91. The molecule has 4 aromatic carbocycles. The Kier molecular flexibility index (Phi) is 11.9. The summed E-state index contributed by atoms with van der Waals surface area (Å²) in [4.78, 5) is 19.4. The Bertz CT molecular complexity index is 1820. The van der Waals surface area contributed by atoms with Crippen LogP contribution in [0.4, 0.5) is 0 Å². The molecule has 0 aromatic heterocycles. The van der Waals surface area contributed by atoms with E-state index in [1.165, 1.54) is 12.1 Å². The summed E-state index contributed by atoms with van der Waals surface area (Å²) in [5, 5.41) is 9.06. The van der Waals surface area contributed by atoms with E-state index in [2.05, 4.69) is 10.9 Å². The van der Waals surface area contributed by atoms with Crippen molar-refractivity contribution in [2.75, 3.05) is 39.7 Å². The first-order valence-electron chi connectivity index (χ1n) is 16.0. The Morgan fingerprint density at radius 2 is 1.61 bits per heavy atom. The first-order valence-corrected chi connectivity index (χ1v) is 17.6. The number of hydrogen-bond donors (Lipinski definition) is 3. The highest BCUT2D eigenvalue weighted by Crippen LogP contribution is 2.43. The second-order valence-electron chi connectivity index (χ2n) is 11.4. The summed E-state index contributed by atoms with van der Waals surface area (Å²) < 4.78 is 49.9. The molecule has 3 N–H and O–H groups in total. The number of benzene rings is 4. The first kappa shape index (κ1) is 35.4. The number of carbonyl (C=O) groups excluding carboxylic acids is 1. The number of hydrazine groups is 1. The molecule has 11 nitrogen and oxygen atoms in total. The summed E-state index contributed by atoms with van der Waals surface area (Å²) in [5.74, 6) is 1.14. The molecular weight excluding hydrogens is 646 g/mol. The van der Waals surface area contributed by atoms with Gasteiger partial charge in [0.25, 0.3) is 5.91 Å². The summed E-state index contributed by atoms with van der Waals surface area (Å²) in [5.41, 5.74) is 6.39. The third kappa shape index (κ3) is 8.58. The van der Waals surface area contributed by atoms with Crippen molar-refractivity contribution in [3.8, 4) is 17.2 Å². The van der Waals surface area contributed by atoms with Crippen molar-refractivity contribution in [3.63, 3.8) is 0 Å². The van der Waals surface area contributed by atoms with Crippen LogP contribution in [0.1, 0.15) is 35.6 Å². The fourth-order valence-electron chi connectivity index (χ4n) is 5.53. The van der Waals surface area contributed by atoms with Crippen LogP contribution in [-0.4, -0.2) is 70.6 Å². The number of nitrogens with one attached hydrogen (secondary N) is 2. The zero-order chi connectivity index (χ0) is 34.7. The van der Waals surface area contributed by atoms with Gasteiger partial charge in [0.05, 0.1) is 31.5 Å². The molecule has 0 saturated heterocycles. The van der Waals surface area contributed by atoms with Crippen LogP contribution in [0.5, 0.6) is 17.2 Å². The molecule has 1 aliphatic heterocycles. The molecular formula is C37H41N3O8S. The topological polar surface area (TPSA) is 145 Å². The van der Waals surface area contributed by atoms with E-state index in [-0.39, 0.29) is 29.6 Å². The van der Waals surface area contributed by atoms with Gasteiger partial charge in [0, 0.05) is 31.6 Å². The van der Waals surface area contributed by atoms with Gasteiger partial charge in [-0.25, -0.2) is 18.8 Å². The normalized spacial score (nSPS) is 17.1. The number of methoxy groups -OCH3 is 2. The van der Waals surface area contributed by atoms with Crippen molar-refractivity contribution >= 4 is 21.6 Å². The Morgan fingerprint density at radius 1 is 0.918 bits per heavy atom. The lowest BCUT2D eigenvalue weighted by Gasteiger charge is -2.30. The minimum Gasteiger partial charge on any atom is -0.494 e. The summed E-state index contributed by atoms with van der Waals surface area (Å²) in [6.07, 6.45) is -0.0283. The Hall–Kier alpha value is -4.91. The molecule has 1 aliphatic rings. The number of amides is 1. The number of hydrogen-bond acceptors (Lipinski definition) is 10. The fraction of sp³-hybridized carbons (Fsp3) is 0.297. The molecule has 1 heterocycles. The van der Waals surface area contributed by atoms with Crippen LogP contribution in [0, 0.1) is 0 Å². The van der Waals surface area contributed by atoms with Gasteiger partial charge in [0.2, 0.25) is 5.90 Å². The maximum Gasteiger partial charge on any atom is 0.266 e. The molecule has 0 saturated carbocycles. The zero-order valence-electron chi connectivity index (χ0n) is 27.5. The van der Waals surface area contributed by atoms with Gasteiger partial charge in [-0.3, -0.25) is 10.2 Å². The van der Waals surface area contributed by atoms with Crippen LogP contribution in [-0.2, 0) is 25.8 Å². The molecule has 0 unspecified atom stereocenters. The van der Waals surface area contributed by atoms with Gasteiger partial charge in [-0.1, -0.05) is 54.6 Å². The van der Waals surface area contributed by atoms with Crippen LogP contribution < -0.4 is 25.1 Å². The van der Waals surface area contributed by atoms with Crippen molar-refractivity contribution < 1.29 is 37.3 Å². The van der Waals surface area contributed by atoms with E-state index in [9.17, 15) is 13.2 Å². The summed E-state index contributed by atoms with van der Waals surface area (Å²) in [7, 11) is -0.636. The molecule has 4 aromatic rings. The summed E-state index contributed by atoms with van der Waals surface area (Å²) in [6.45, 7) is 0.755. The Balaban J connectivity index is 1.44. The van der Waals surface area contributed by atoms with Gasteiger partial charge >= 0.3 is 0 Å². The largest absolute Gasteiger partial charge is 0.494 e. The van der Waals surface area contributed by atoms with Gasteiger partial charge in [-0.15, -0.1) is 0 Å². The number of sulfone groups is 1. The molecule has 258 valence electrons. The molecule has 2 atom stereocenters. The van der Waals surface area contributed by atoms with E-state index < -0.39 is 27.4 Å². The molecule has 1 amide bonds. The maximum absolute atomic E-state index is 14.3. The highest BCUT2D eigenvalue weighted by atomic mass is 32.2. The predicted octanol–water partition coefficient (Wildman–Crippen LogP) is 4.45. The molecule has 0 fully saturated rings. The summed E-state index contributed by atoms with van der Waals surface area (Å²) in [6, 6.07) is 30.0. The highest BCUT2D eigenvalue weighted by molar-refractivity contribution is 7.91. The van der Waals surface area contributed by atoms with Crippen LogP contribution in [0.15, 0.2) is 113 Å². The lowest BCUT2D eigenvalue weighted by molar-refractivity contribution is -0.130. The first-order chi connectivity index (χ1) is 23.8. The number of aliphatic imine (C=N–C) groups is 1. The molecule has 5 rings (SSSR count). The predicted molar refractivity (Wildman–Crippen MR) is 186 cm³/mol. The minimum atomic E-state index is -3.78. The van der Waals surface area contributed by atoms with Crippen LogP contribution in [0.2, 0.25) is 0 Å². The number of ether oxygens (including phenoxy) is 4. The van der Waals surface area contributed by atoms with Crippen LogP contribution in [0.3, 0.4) is 0 Å². The fourth-order valence-corrected chi connectivity index (χ4v) is 6.92. The molecule has 0 aliphatic carbocycles. The minimum absolute atomic E-state index is 0.0266. The molecule has 12 heteroatoms. The van der Waals surface area contributed by atoms with Crippen LogP contribution >= 0.6 is 0 Å². The van der Waals surface area contributed by atoms with Gasteiger partial charge in [0.1, 0.15) is 5.75 Å². The van der Waals surface area contributed by atoms with Gasteiger partial charge in [0.15, 0.2) is 33.0 Å². The molecule has 0 spiro atoms. The van der Waals surface area contributed by atoms with E-state index >= 15 is 0 Å². The smallest absolute Gasteiger partial charge is 0.266 e. The van der Waals surface area contributed by atoms with Crippen molar-refractivity contribution in [3.05, 3.63) is 120 Å². The Morgan fingerprint density at radius 3 is 2.29 bits per heavy atom. The number of rotatable bonds is 17. The second kappa shape index (κ2) is 16.5. The molecule has 0 bridgehead atoms. The summed E-state index contributed by atoms with van der Waals surface area (Å²) >= 11 is 0. The van der Waals surface area contributed by atoms with Crippen molar-refractivity contribution in [2.24, 2.45) is 4.99 Å². The molecule has 0 radical (unpaired) electrons. The zero-order valence-corrected chi connectivity index (χ0v) is 28.3. The van der Waals surface area contributed by atoms with E-state index in [1.54, 1.807) is 56.7 Å². The Labute approximate surface area is 286 Å². The van der Waals surface area contributed by atoms with Gasteiger partial charge < -0.3 is 24.1 Å². The van der Waals surface area contributed by atoms with Gasteiger partial charge in [-0.2, -0.15) is 0 Å². The van der Waals surface area contributed by atoms with Crippen molar-refractivity contribution in [1.82, 2.24) is 10.9 Å². The lowest BCUT2D eigenvalue weighted by Crippen LogP contribution is -2.53. The number of aliphatic hydroxyl groups excluding tert-OH is 1. The second-order valence-corrected chi connectivity index (χ2v) is 13.5. The van der Waals surface area contributed by atoms with E-state index in [1.807, 2.05) is 48.5 Å². The lowest BCUT2D eigenvalue weighted by atomic mass is 9.85. The number of carbonyl (C=O) groups is 1. The van der Waals surface area contributed by atoms with Gasteiger partial charge in [-0.05, 0) is 66.1 Å². The van der Waals surface area contributed by atoms with Crippen molar-refractivity contribution in [2.45, 2.75) is 35.8 Å². The SMILES string of the molecule is COc1ccc(CCNNC(=O)[C@@]2(CCS(=O)(=O)c3ccccc3)N=C(c3ccc(OCCCO)cc3)O[C@H]2c2ccccc2)cc1OC. The third-order valence-electron chi connectivity index (χ3n) is 8.18. The van der Waals surface area contributed by atoms with E-state index in [0.29, 0.717) is 54.4 Å². The van der Waals surface area contributed by atoms with E-state index in [4.69, 9.17) is 29.0 Å². The standard InChI is InChI=1S/C37H41N3O8S/c1-45-32-19-14-27(26-33(32)46-2)20-22-38-40-36(42)37(21-25-49(43,44)31-12-7-4-8-13-31)34(28-10-5-3-6-11-28)48-35(39-37)29-15-17-30(18-16-29)47-24-9-23-41/h3-8,10-19,26,34,38,41H,9,20-25H2,1-2H3,(H,40,42)/t34-,37-/m0/s1. The average Bonchev–Trinajstić information content (AvgIpc) is 3.54. The highest BCUT2D eigenvalue weighted by Gasteiger charge is 2.53. The quantitative estimate of drug-likeness (QED) is 0.108. The van der Waals surface area contributed by atoms with Crippen molar-refractivity contribution in [1.29, 1.82) is 0 Å². The molecule has 49 heavy (non-hydrogen) atoms. The monoisotopic (exact) mass is 687 g/mol. The van der Waals surface area contributed by atoms with Crippen LogP contribution in [0.25, 0.3) is 0 Å². The average molecular weight is 688 g/mol.